The van der Waals surface area contributed by atoms with E-state index >= 15 is 0 Å². The van der Waals surface area contributed by atoms with Gasteiger partial charge in [-0.2, -0.15) is 0 Å². The average Bonchev–Trinajstić information content (AvgIpc) is 3.46. The fourth-order valence-electron chi connectivity index (χ4n) is 4.01. The molecule has 0 saturated heterocycles. The molecule has 0 radical (unpaired) electrons. The van der Waals surface area contributed by atoms with Gasteiger partial charge >= 0.3 is 0 Å². The lowest BCUT2D eigenvalue weighted by Crippen LogP contribution is -2.31. The first kappa shape index (κ1) is 20.1. The second kappa shape index (κ2) is 8.69. The largest absolute Gasteiger partial charge is 0.461 e. The molecule has 4 rings (SSSR count). The smallest absolute Gasteiger partial charge is 0.219 e. The topological polar surface area (TPSA) is 82.2 Å². The van der Waals surface area contributed by atoms with Crippen LogP contribution in [0.25, 0.3) is 11.6 Å². The Kier molecular flexibility index (Phi) is 5.84. The minimum atomic E-state index is -0.397. The highest BCUT2D eigenvalue weighted by molar-refractivity contribution is 7.71. The van der Waals surface area contributed by atoms with Gasteiger partial charge in [-0.1, -0.05) is 30.2 Å². The normalized spacial score (nSPS) is 15.3. The average molecular weight is 422 g/mol. The highest BCUT2D eigenvalue weighted by Gasteiger charge is 2.28. The van der Waals surface area contributed by atoms with Gasteiger partial charge in [-0.05, 0) is 48.3 Å². The van der Waals surface area contributed by atoms with Crippen molar-refractivity contribution in [2.75, 3.05) is 6.54 Å². The minimum Gasteiger partial charge on any atom is -0.461 e. The van der Waals surface area contributed by atoms with Crippen LogP contribution in [0.2, 0.25) is 0 Å². The number of hydrogen-bond donors (Lipinski definition) is 1. The second-order valence-electron chi connectivity index (χ2n) is 7.30. The van der Waals surface area contributed by atoms with E-state index in [1.807, 2.05) is 6.07 Å². The van der Waals surface area contributed by atoms with Crippen molar-refractivity contribution in [1.82, 2.24) is 19.2 Å². The lowest BCUT2D eigenvalue weighted by Gasteiger charge is -2.27. The Labute approximate surface area is 180 Å². The number of nitrogens with zero attached hydrogens (tertiary/aromatic N) is 4. The molecule has 0 aliphatic heterocycles. The number of nitrogens with two attached hydrogens (primary N) is 1. The number of hydrogen-bond acceptors (Lipinski definition) is 5. The van der Waals surface area contributed by atoms with E-state index in [0.717, 1.165) is 12.8 Å². The van der Waals surface area contributed by atoms with Crippen molar-refractivity contribution in [3.8, 4) is 23.9 Å². The van der Waals surface area contributed by atoms with Crippen LogP contribution >= 0.6 is 12.2 Å². The number of terminal acetylenes is 1. The number of aryl methyl sites for hydroxylation is 1. The molecule has 1 aromatic carbocycles. The van der Waals surface area contributed by atoms with E-state index in [4.69, 9.17) is 33.9 Å². The zero-order valence-corrected chi connectivity index (χ0v) is 17.3. The molecule has 1 aliphatic carbocycles. The molecular formula is C22H23N5O2S. The number of aromatic nitrogens is 3. The quantitative estimate of drug-likeness (QED) is 0.446. The van der Waals surface area contributed by atoms with E-state index in [1.165, 1.54) is 11.1 Å². The van der Waals surface area contributed by atoms with Crippen LogP contribution in [0.5, 0.6) is 0 Å². The fraction of sp³-hybridized carbons (Fsp3) is 0.318. The maximum atomic E-state index is 11.3. The van der Waals surface area contributed by atoms with E-state index in [9.17, 15) is 4.79 Å². The van der Waals surface area contributed by atoms with Crippen molar-refractivity contribution < 1.29 is 9.21 Å². The van der Waals surface area contributed by atoms with E-state index in [2.05, 4.69) is 35.1 Å². The summed E-state index contributed by atoms with van der Waals surface area (Å²) < 4.78 is 9.56. The van der Waals surface area contributed by atoms with Crippen molar-refractivity contribution in [3.63, 3.8) is 0 Å². The van der Waals surface area contributed by atoms with Crippen molar-refractivity contribution in [1.29, 1.82) is 0 Å². The summed E-state index contributed by atoms with van der Waals surface area (Å²) in [6.45, 7) is 1.26. The van der Waals surface area contributed by atoms with Gasteiger partial charge in [0.2, 0.25) is 5.91 Å². The highest BCUT2D eigenvalue weighted by atomic mass is 32.1. The summed E-state index contributed by atoms with van der Waals surface area (Å²) in [4.78, 5) is 13.5. The van der Waals surface area contributed by atoms with Crippen molar-refractivity contribution >= 4 is 18.1 Å². The maximum absolute atomic E-state index is 11.3. The molecule has 1 amide bonds. The molecule has 7 nitrogen and oxygen atoms in total. The number of primary amides is 1. The van der Waals surface area contributed by atoms with Crippen molar-refractivity contribution in [2.24, 2.45) is 5.73 Å². The van der Waals surface area contributed by atoms with Gasteiger partial charge in [0.15, 0.2) is 16.4 Å². The van der Waals surface area contributed by atoms with Gasteiger partial charge < -0.3 is 10.2 Å². The summed E-state index contributed by atoms with van der Waals surface area (Å²) in [6.07, 6.45) is 9.45. The molecule has 1 aliphatic rings. The molecule has 30 heavy (non-hydrogen) atoms. The molecule has 0 fully saturated rings. The van der Waals surface area contributed by atoms with Crippen LogP contribution in [0.1, 0.15) is 30.0 Å². The molecule has 8 heteroatoms. The van der Waals surface area contributed by atoms with E-state index < -0.39 is 5.91 Å². The summed E-state index contributed by atoms with van der Waals surface area (Å²) in [6, 6.07) is 12.3. The number of carbonyl (C=O) groups excluding carboxylic acids is 1. The zero-order valence-electron chi connectivity index (χ0n) is 16.5. The van der Waals surface area contributed by atoms with Crippen LogP contribution in [0, 0.1) is 17.1 Å². The predicted octanol–water partition coefficient (Wildman–Crippen LogP) is 3.13. The third kappa shape index (κ3) is 3.95. The Bertz CT molecular complexity index is 1140. The second-order valence-corrected chi connectivity index (χ2v) is 7.66. The molecular weight excluding hydrogens is 398 g/mol. The van der Waals surface area contributed by atoms with Gasteiger partial charge in [0, 0.05) is 19.0 Å². The van der Waals surface area contributed by atoms with Gasteiger partial charge in [-0.25, -0.2) is 4.68 Å². The van der Waals surface area contributed by atoms with E-state index in [0.29, 0.717) is 36.1 Å². The first-order chi connectivity index (χ1) is 14.6. The van der Waals surface area contributed by atoms with E-state index in [1.54, 1.807) is 21.6 Å². The first-order valence-corrected chi connectivity index (χ1v) is 10.2. The Morgan fingerprint density at radius 2 is 2.20 bits per heavy atom. The molecule has 2 N–H and O–H groups in total. The third-order valence-electron chi connectivity index (χ3n) is 5.40. The van der Waals surface area contributed by atoms with Gasteiger partial charge in [0.25, 0.3) is 0 Å². The van der Waals surface area contributed by atoms with Crippen LogP contribution in [-0.2, 0) is 24.4 Å². The molecule has 1 unspecified atom stereocenters. The first-order valence-electron chi connectivity index (χ1n) is 9.83. The summed E-state index contributed by atoms with van der Waals surface area (Å²) in [5.74, 6) is 3.52. The number of benzene rings is 1. The van der Waals surface area contributed by atoms with Crippen LogP contribution in [-0.4, -0.2) is 31.7 Å². The lowest BCUT2D eigenvalue weighted by molar-refractivity contribution is -0.118. The van der Waals surface area contributed by atoms with Crippen molar-refractivity contribution in [2.45, 2.75) is 38.5 Å². The standard InChI is InChI=1S/C22H23N5O2S/c1-2-12-25(18-10-9-16-6-3-4-7-17(16)18)15-27-22(30)26(13-11-20(23)28)21(24-27)19-8-5-14-29-19/h1,3-8,14,18H,9-13,15H2,(H2,23,28). The molecule has 0 bridgehead atoms. The number of amides is 1. The molecule has 3 aromatic rings. The van der Waals surface area contributed by atoms with Gasteiger partial charge in [-0.3, -0.25) is 14.3 Å². The summed E-state index contributed by atoms with van der Waals surface area (Å²) in [5, 5.41) is 4.70. The van der Waals surface area contributed by atoms with Crippen LogP contribution in [0.15, 0.2) is 47.1 Å². The third-order valence-corrected chi connectivity index (χ3v) is 5.83. The van der Waals surface area contributed by atoms with Crippen LogP contribution in [0.3, 0.4) is 0 Å². The molecule has 0 spiro atoms. The Hall–Kier alpha value is -3.15. The van der Waals surface area contributed by atoms with Gasteiger partial charge in [0.05, 0.1) is 19.5 Å². The molecule has 154 valence electrons. The Balaban J connectivity index is 1.67. The Morgan fingerprint density at radius 3 is 2.93 bits per heavy atom. The molecule has 0 saturated carbocycles. The van der Waals surface area contributed by atoms with Crippen molar-refractivity contribution in [3.05, 3.63) is 58.6 Å². The van der Waals surface area contributed by atoms with Gasteiger partial charge in [-0.15, -0.1) is 11.5 Å². The van der Waals surface area contributed by atoms with Crippen LogP contribution in [0.4, 0.5) is 0 Å². The minimum absolute atomic E-state index is 0.164. The van der Waals surface area contributed by atoms with Gasteiger partial charge in [0.1, 0.15) is 0 Å². The predicted molar refractivity (Wildman–Crippen MR) is 116 cm³/mol. The fourth-order valence-corrected chi connectivity index (χ4v) is 4.28. The lowest BCUT2D eigenvalue weighted by atomic mass is 10.1. The molecule has 2 heterocycles. The molecule has 1 atom stereocenters. The van der Waals surface area contributed by atoms with E-state index in [-0.39, 0.29) is 12.5 Å². The summed E-state index contributed by atoms with van der Waals surface area (Å²) in [5.41, 5.74) is 8.01. The zero-order chi connectivity index (χ0) is 21.1. The number of furan rings is 1. The summed E-state index contributed by atoms with van der Waals surface area (Å²) >= 11 is 5.69. The monoisotopic (exact) mass is 421 g/mol. The maximum Gasteiger partial charge on any atom is 0.219 e. The highest BCUT2D eigenvalue weighted by Crippen LogP contribution is 2.35. The summed E-state index contributed by atoms with van der Waals surface area (Å²) in [7, 11) is 0. The molecule has 2 aromatic heterocycles. The van der Waals surface area contributed by atoms with Crippen LogP contribution < -0.4 is 5.73 Å². The SMILES string of the molecule is C#CCN(Cn1nc(-c2ccco2)n(CCC(N)=O)c1=S)C1CCc2ccccc21. The number of fused-ring (bicyclic) bond motifs is 1. The Morgan fingerprint density at radius 1 is 1.37 bits per heavy atom. The number of carbonyl (C=O) groups is 1. The number of rotatable bonds is 8.